The third kappa shape index (κ3) is 7.00. The van der Waals surface area contributed by atoms with Gasteiger partial charge in [-0.1, -0.05) is 48.5 Å². The molecule has 2 rings (SSSR count). The Balaban J connectivity index is 0.00000288. The van der Waals surface area contributed by atoms with E-state index in [2.05, 4.69) is 22.4 Å². The number of aliphatic imine (C=N–C) groups is 1. The topological polar surface area (TPSA) is 44.7 Å². The monoisotopic (exact) mass is 457 g/mol. The van der Waals surface area contributed by atoms with Crippen LogP contribution in [0.1, 0.15) is 5.56 Å². The lowest BCUT2D eigenvalue weighted by Crippen LogP contribution is -2.38. The van der Waals surface area contributed by atoms with Gasteiger partial charge in [0, 0.05) is 31.3 Å². The zero-order valence-electron chi connectivity index (χ0n) is 14.0. The molecule has 0 fully saturated rings. The van der Waals surface area contributed by atoms with Crippen LogP contribution in [0.25, 0.3) is 0 Å². The van der Waals surface area contributed by atoms with Crippen molar-refractivity contribution in [2.24, 2.45) is 4.99 Å². The first-order valence-corrected chi connectivity index (χ1v) is 8.91. The van der Waals surface area contributed by atoms with Gasteiger partial charge in [-0.05, 0) is 17.7 Å². The first-order chi connectivity index (χ1) is 11.2. The van der Waals surface area contributed by atoms with Gasteiger partial charge in [-0.15, -0.1) is 24.0 Å². The first-order valence-electron chi connectivity index (χ1n) is 7.60. The Labute approximate surface area is 163 Å². The molecular formula is C18H24IN3OS. The Kier molecular flexibility index (Phi) is 9.63. The van der Waals surface area contributed by atoms with Gasteiger partial charge in [0.25, 0.3) is 0 Å². The molecule has 1 unspecified atom stereocenters. The number of nitrogens with zero attached hydrogens (tertiary/aromatic N) is 2. The second kappa shape index (κ2) is 11.2. The van der Waals surface area contributed by atoms with Crippen LogP contribution in [0.4, 0.5) is 0 Å². The van der Waals surface area contributed by atoms with Gasteiger partial charge in [0.2, 0.25) is 0 Å². The minimum Gasteiger partial charge on any atom is -0.355 e. The van der Waals surface area contributed by atoms with Gasteiger partial charge >= 0.3 is 0 Å². The number of benzene rings is 2. The van der Waals surface area contributed by atoms with E-state index in [0.29, 0.717) is 18.8 Å². The highest BCUT2D eigenvalue weighted by Crippen LogP contribution is 2.05. The molecule has 2 aromatic rings. The molecule has 0 saturated heterocycles. The fraction of sp³-hybridized carbons (Fsp3) is 0.278. The lowest BCUT2D eigenvalue weighted by Gasteiger charge is -2.17. The second-order valence-electron chi connectivity index (χ2n) is 5.31. The van der Waals surface area contributed by atoms with E-state index in [-0.39, 0.29) is 24.0 Å². The summed E-state index contributed by atoms with van der Waals surface area (Å²) >= 11 is 0. The molecule has 0 amide bonds. The van der Waals surface area contributed by atoms with E-state index < -0.39 is 10.8 Å². The third-order valence-corrected chi connectivity index (χ3v) is 4.63. The van der Waals surface area contributed by atoms with Crippen LogP contribution < -0.4 is 5.32 Å². The van der Waals surface area contributed by atoms with Gasteiger partial charge in [-0.3, -0.25) is 4.21 Å². The molecule has 0 heterocycles. The van der Waals surface area contributed by atoms with Gasteiger partial charge in [0.05, 0.1) is 17.3 Å². The molecule has 1 N–H and O–H groups in total. The van der Waals surface area contributed by atoms with Crippen LogP contribution in [0.5, 0.6) is 0 Å². The number of halogens is 1. The summed E-state index contributed by atoms with van der Waals surface area (Å²) < 4.78 is 12.2. The largest absolute Gasteiger partial charge is 0.355 e. The molecule has 0 aliphatic heterocycles. The zero-order valence-corrected chi connectivity index (χ0v) is 17.2. The molecule has 0 aliphatic rings. The van der Waals surface area contributed by atoms with Crippen molar-refractivity contribution in [2.45, 2.75) is 11.4 Å². The van der Waals surface area contributed by atoms with Crippen LogP contribution in [-0.4, -0.2) is 41.5 Å². The van der Waals surface area contributed by atoms with Gasteiger partial charge in [-0.25, -0.2) is 4.99 Å². The predicted molar refractivity (Wildman–Crippen MR) is 112 cm³/mol. The average Bonchev–Trinajstić information content (AvgIpc) is 2.59. The summed E-state index contributed by atoms with van der Waals surface area (Å²) in [4.78, 5) is 7.40. The number of hydrogen-bond donors (Lipinski definition) is 1. The van der Waals surface area contributed by atoms with Gasteiger partial charge in [0.1, 0.15) is 0 Å². The molecule has 1 atom stereocenters. The Bertz CT molecular complexity index is 648. The van der Waals surface area contributed by atoms with E-state index in [0.717, 1.165) is 10.9 Å². The standard InChI is InChI=1S/C18H23N3OS.HI/c1-21(2)18(20-15-16-9-5-3-6-10-16)19-13-14-23(22)17-11-7-4-8-12-17;/h3-12H,13-15H2,1-2H3,(H,19,20);1H. The number of nitrogens with one attached hydrogen (secondary N) is 1. The maximum Gasteiger partial charge on any atom is 0.193 e. The molecule has 130 valence electrons. The van der Waals surface area contributed by atoms with E-state index in [9.17, 15) is 4.21 Å². The van der Waals surface area contributed by atoms with Crippen molar-refractivity contribution in [3.63, 3.8) is 0 Å². The van der Waals surface area contributed by atoms with Crippen LogP contribution in [0.3, 0.4) is 0 Å². The van der Waals surface area contributed by atoms with Gasteiger partial charge in [0.15, 0.2) is 5.96 Å². The van der Waals surface area contributed by atoms with Gasteiger partial charge < -0.3 is 10.2 Å². The quantitative estimate of drug-likeness (QED) is 0.412. The normalized spacial score (nSPS) is 12.2. The fourth-order valence-electron chi connectivity index (χ4n) is 2.05. The molecular weight excluding hydrogens is 433 g/mol. The molecule has 0 radical (unpaired) electrons. The van der Waals surface area contributed by atoms with Crippen LogP contribution in [0, 0.1) is 0 Å². The van der Waals surface area contributed by atoms with Crippen molar-refractivity contribution >= 4 is 40.7 Å². The smallest absolute Gasteiger partial charge is 0.193 e. The highest BCUT2D eigenvalue weighted by molar-refractivity contribution is 14.0. The number of hydrogen-bond acceptors (Lipinski definition) is 2. The molecule has 24 heavy (non-hydrogen) atoms. The molecule has 0 spiro atoms. The van der Waals surface area contributed by atoms with Crippen molar-refractivity contribution in [1.29, 1.82) is 0 Å². The van der Waals surface area contributed by atoms with E-state index in [1.165, 1.54) is 5.56 Å². The van der Waals surface area contributed by atoms with Crippen molar-refractivity contribution in [2.75, 3.05) is 26.4 Å². The Morgan fingerprint density at radius 3 is 2.21 bits per heavy atom. The lowest BCUT2D eigenvalue weighted by atomic mass is 10.2. The predicted octanol–water partition coefficient (Wildman–Crippen LogP) is 3.12. The molecule has 0 saturated carbocycles. The first kappa shape index (κ1) is 20.6. The van der Waals surface area contributed by atoms with E-state index in [1.807, 2.05) is 67.5 Å². The Hall–Kier alpha value is -1.41. The fourth-order valence-corrected chi connectivity index (χ4v) is 3.03. The third-order valence-electron chi connectivity index (χ3n) is 3.25. The van der Waals surface area contributed by atoms with Crippen LogP contribution >= 0.6 is 24.0 Å². The summed E-state index contributed by atoms with van der Waals surface area (Å²) in [5.74, 6) is 1.36. The van der Waals surface area contributed by atoms with Gasteiger partial charge in [-0.2, -0.15) is 0 Å². The van der Waals surface area contributed by atoms with Crippen molar-refractivity contribution in [3.8, 4) is 0 Å². The van der Waals surface area contributed by atoms with E-state index in [1.54, 1.807) is 0 Å². The molecule has 2 aromatic carbocycles. The molecule has 0 bridgehead atoms. The van der Waals surface area contributed by atoms with E-state index >= 15 is 0 Å². The highest BCUT2D eigenvalue weighted by Gasteiger charge is 2.05. The number of guanidine groups is 1. The average molecular weight is 457 g/mol. The van der Waals surface area contributed by atoms with E-state index in [4.69, 9.17) is 0 Å². The maximum atomic E-state index is 12.2. The highest BCUT2D eigenvalue weighted by atomic mass is 127. The lowest BCUT2D eigenvalue weighted by molar-refractivity contribution is 0.583. The summed E-state index contributed by atoms with van der Waals surface area (Å²) in [6, 6.07) is 19.7. The minimum atomic E-state index is -0.989. The second-order valence-corrected chi connectivity index (χ2v) is 6.88. The Morgan fingerprint density at radius 2 is 1.62 bits per heavy atom. The van der Waals surface area contributed by atoms with Crippen LogP contribution in [0.2, 0.25) is 0 Å². The summed E-state index contributed by atoms with van der Waals surface area (Å²) in [7, 11) is 2.91. The maximum absolute atomic E-state index is 12.2. The summed E-state index contributed by atoms with van der Waals surface area (Å²) in [5.41, 5.74) is 1.17. The van der Waals surface area contributed by atoms with Crippen LogP contribution in [-0.2, 0) is 17.3 Å². The Morgan fingerprint density at radius 1 is 1.04 bits per heavy atom. The number of rotatable bonds is 6. The molecule has 4 nitrogen and oxygen atoms in total. The molecule has 6 heteroatoms. The van der Waals surface area contributed by atoms with Crippen molar-refractivity contribution < 1.29 is 4.21 Å². The minimum absolute atomic E-state index is 0. The van der Waals surface area contributed by atoms with Crippen LogP contribution in [0.15, 0.2) is 70.6 Å². The summed E-state index contributed by atoms with van der Waals surface area (Å²) in [5, 5.41) is 3.27. The van der Waals surface area contributed by atoms with Crippen molar-refractivity contribution in [1.82, 2.24) is 10.2 Å². The SMILES string of the molecule is CN(C)C(=NCc1ccccc1)NCCS(=O)c1ccccc1.I. The molecule has 0 aromatic heterocycles. The summed E-state index contributed by atoms with van der Waals surface area (Å²) in [6.45, 7) is 1.25. The summed E-state index contributed by atoms with van der Waals surface area (Å²) in [6.07, 6.45) is 0. The zero-order chi connectivity index (χ0) is 16.5. The molecule has 0 aliphatic carbocycles. The van der Waals surface area contributed by atoms with Crippen molar-refractivity contribution in [3.05, 3.63) is 66.2 Å².